The molecule has 25 heavy (non-hydrogen) atoms. The zero-order valence-corrected chi connectivity index (χ0v) is 16.8. The minimum Gasteiger partial charge on any atom is -0.391 e. The lowest BCUT2D eigenvalue weighted by Crippen LogP contribution is -2.56. The van der Waals surface area contributed by atoms with Crippen LogP contribution in [0, 0.1) is 10.5 Å². The Morgan fingerprint density at radius 1 is 0.960 bits per heavy atom. The van der Waals surface area contributed by atoms with Crippen molar-refractivity contribution in [1.82, 2.24) is 4.90 Å². The van der Waals surface area contributed by atoms with Crippen LogP contribution in [0.4, 0.5) is 5.69 Å². The molecule has 1 saturated heterocycles. The molecule has 132 valence electrons. The maximum atomic E-state index is 10.7. The largest absolute Gasteiger partial charge is 0.391 e. The highest BCUT2D eigenvalue weighted by Gasteiger charge is 2.34. The van der Waals surface area contributed by atoms with E-state index in [0.29, 0.717) is 0 Å². The molecule has 0 bridgehead atoms. The van der Waals surface area contributed by atoms with Gasteiger partial charge in [0.15, 0.2) is 0 Å². The summed E-state index contributed by atoms with van der Waals surface area (Å²) in [6.45, 7) is 6.24. The molecule has 3 nitrogen and oxygen atoms in total. The number of rotatable bonds is 2. The second-order valence-corrected chi connectivity index (χ2v) is 8.44. The fourth-order valence-corrected chi connectivity index (χ4v) is 4.94. The number of fused-ring (bicyclic) bond motifs is 1. The summed E-state index contributed by atoms with van der Waals surface area (Å²) in [5.74, 6) is 0. The monoisotopic (exact) mass is 448 g/mol. The third-order valence-corrected chi connectivity index (χ3v) is 6.70. The molecular weight excluding hydrogens is 423 g/mol. The summed E-state index contributed by atoms with van der Waals surface area (Å²) >= 11 is 2.44. The molecule has 0 aromatic heterocycles. The number of piperazine rings is 1. The molecule has 1 heterocycles. The van der Waals surface area contributed by atoms with Gasteiger partial charge in [0, 0.05) is 47.9 Å². The predicted molar refractivity (Wildman–Crippen MR) is 111 cm³/mol. The molecule has 4 heteroatoms. The van der Waals surface area contributed by atoms with Crippen LogP contribution in [0.3, 0.4) is 0 Å². The molecule has 2 aromatic rings. The van der Waals surface area contributed by atoms with Crippen LogP contribution in [0.25, 0.3) is 0 Å². The minimum absolute atomic E-state index is 0.253. The van der Waals surface area contributed by atoms with Crippen LogP contribution < -0.4 is 4.90 Å². The Balaban J connectivity index is 1.44. The Morgan fingerprint density at radius 3 is 2.40 bits per heavy atom. The first-order valence-electron chi connectivity index (χ1n) is 9.12. The molecule has 2 aromatic carbocycles. The van der Waals surface area contributed by atoms with Gasteiger partial charge in [0.25, 0.3) is 0 Å². The van der Waals surface area contributed by atoms with Gasteiger partial charge >= 0.3 is 0 Å². The van der Waals surface area contributed by atoms with Crippen molar-refractivity contribution in [2.75, 3.05) is 31.1 Å². The molecule has 1 N–H and O–H groups in total. The Morgan fingerprint density at radius 2 is 1.68 bits per heavy atom. The Kier molecular flexibility index (Phi) is 5.02. The van der Waals surface area contributed by atoms with Crippen molar-refractivity contribution in [1.29, 1.82) is 0 Å². The third-order valence-electron chi connectivity index (χ3n) is 5.68. The molecule has 0 radical (unpaired) electrons. The van der Waals surface area contributed by atoms with Crippen molar-refractivity contribution in [2.24, 2.45) is 0 Å². The molecule has 0 saturated carbocycles. The summed E-state index contributed by atoms with van der Waals surface area (Å²) in [5, 5.41) is 10.7. The fraction of sp³-hybridized carbons (Fsp3) is 0.429. The summed E-state index contributed by atoms with van der Waals surface area (Å²) in [7, 11) is 0. The lowest BCUT2D eigenvalue weighted by molar-refractivity contribution is 0.0394. The van der Waals surface area contributed by atoms with E-state index < -0.39 is 0 Å². The highest BCUT2D eigenvalue weighted by Crippen LogP contribution is 2.29. The van der Waals surface area contributed by atoms with Crippen molar-refractivity contribution < 1.29 is 5.11 Å². The lowest BCUT2D eigenvalue weighted by atomic mass is 9.85. The van der Waals surface area contributed by atoms with E-state index in [1.807, 2.05) is 0 Å². The Bertz CT molecular complexity index is 738. The standard InChI is InChI=1S/C21H25IN2O/c1-15-5-7-17(8-6-15)23-9-11-24(12-10-23)20-14-18-16(13-21(20)25)3-2-4-19(18)22/h2-8,20-21,25H,9-14H2,1H3. The molecule has 2 aliphatic rings. The molecule has 1 aliphatic heterocycles. The average Bonchev–Trinajstić information content (AvgIpc) is 2.62. The minimum atomic E-state index is -0.253. The number of aryl methyl sites for hydroxylation is 1. The maximum absolute atomic E-state index is 10.7. The van der Waals surface area contributed by atoms with E-state index in [-0.39, 0.29) is 12.1 Å². The smallest absolute Gasteiger partial charge is 0.0739 e. The van der Waals surface area contributed by atoms with Gasteiger partial charge in [0.1, 0.15) is 0 Å². The molecule has 0 amide bonds. The van der Waals surface area contributed by atoms with Crippen LogP contribution in [-0.4, -0.2) is 48.3 Å². The van der Waals surface area contributed by atoms with Gasteiger partial charge in [0.05, 0.1) is 6.10 Å². The molecule has 1 aliphatic carbocycles. The van der Waals surface area contributed by atoms with E-state index in [4.69, 9.17) is 0 Å². The van der Waals surface area contributed by atoms with E-state index in [2.05, 4.69) is 81.8 Å². The van der Waals surface area contributed by atoms with Crippen molar-refractivity contribution in [3.8, 4) is 0 Å². The van der Waals surface area contributed by atoms with Crippen LogP contribution in [0.2, 0.25) is 0 Å². The highest BCUT2D eigenvalue weighted by molar-refractivity contribution is 14.1. The van der Waals surface area contributed by atoms with Gasteiger partial charge in [-0.05, 0) is 65.3 Å². The SMILES string of the molecule is Cc1ccc(N2CCN(C3Cc4c(I)cccc4CC3O)CC2)cc1. The Hall–Kier alpha value is -1.11. The third kappa shape index (κ3) is 3.57. The van der Waals surface area contributed by atoms with Crippen molar-refractivity contribution in [3.63, 3.8) is 0 Å². The summed E-state index contributed by atoms with van der Waals surface area (Å²) in [5.41, 5.74) is 5.39. The van der Waals surface area contributed by atoms with E-state index in [9.17, 15) is 5.11 Å². The van der Waals surface area contributed by atoms with Gasteiger partial charge in [-0.25, -0.2) is 0 Å². The van der Waals surface area contributed by atoms with Gasteiger partial charge in [-0.2, -0.15) is 0 Å². The van der Waals surface area contributed by atoms with Crippen LogP contribution >= 0.6 is 22.6 Å². The fourth-order valence-electron chi connectivity index (χ4n) is 4.17. The highest BCUT2D eigenvalue weighted by atomic mass is 127. The number of anilines is 1. The van der Waals surface area contributed by atoms with Gasteiger partial charge in [-0.3, -0.25) is 4.90 Å². The Labute approximate surface area is 163 Å². The van der Waals surface area contributed by atoms with Crippen molar-refractivity contribution in [3.05, 3.63) is 62.7 Å². The summed E-state index contributed by atoms with van der Waals surface area (Å²) in [4.78, 5) is 4.96. The van der Waals surface area contributed by atoms with Crippen LogP contribution in [-0.2, 0) is 12.8 Å². The predicted octanol–water partition coefficient (Wildman–Crippen LogP) is 3.25. The first-order valence-corrected chi connectivity index (χ1v) is 10.2. The van der Waals surface area contributed by atoms with Crippen LogP contribution in [0.1, 0.15) is 16.7 Å². The zero-order valence-electron chi connectivity index (χ0n) is 14.7. The number of hydrogen-bond donors (Lipinski definition) is 1. The topological polar surface area (TPSA) is 26.7 Å². The summed E-state index contributed by atoms with van der Waals surface area (Å²) in [6.07, 6.45) is 1.51. The first kappa shape index (κ1) is 17.3. The second kappa shape index (κ2) is 7.25. The summed E-state index contributed by atoms with van der Waals surface area (Å²) < 4.78 is 1.34. The van der Waals surface area contributed by atoms with Crippen molar-refractivity contribution >= 4 is 28.3 Å². The number of hydrogen-bond acceptors (Lipinski definition) is 3. The van der Waals surface area contributed by atoms with Crippen molar-refractivity contribution in [2.45, 2.75) is 31.9 Å². The van der Waals surface area contributed by atoms with E-state index in [1.54, 1.807) is 0 Å². The molecular formula is C21H25IN2O. The molecule has 4 rings (SSSR count). The molecule has 2 unspecified atom stereocenters. The van der Waals surface area contributed by atoms with Gasteiger partial charge in [-0.15, -0.1) is 0 Å². The molecule has 2 atom stereocenters. The van der Waals surface area contributed by atoms with Gasteiger partial charge in [-0.1, -0.05) is 29.8 Å². The van der Waals surface area contributed by atoms with E-state index >= 15 is 0 Å². The lowest BCUT2D eigenvalue weighted by Gasteiger charge is -2.43. The maximum Gasteiger partial charge on any atom is 0.0739 e. The number of aliphatic hydroxyl groups is 1. The first-order chi connectivity index (χ1) is 12.1. The zero-order chi connectivity index (χ0) is 17.4. The summed E-state index contributed by atoms with van der Waals surface area (Å²) in [6, 6.07) is 15.5. The number of nitrogens with zero attached hydrogens (tertiary/aromatic N) is 2. The molecule has 1 fully saturated rings. The molecule has 0 spiro atoms. The van der Waals surface area contributed by atoms with Gasteiger partial charge < -0.3 is 10.0 Å². The van der Waals surface area contributed by atoms with E-state index in [1.165, 1.54) is 25.9 Å². The normalized spacial score (nSPS) is 24.2. The van der Waals surface area contributed by atoms with Crippen LogP contribution in [0.5, 0.6) is 0 Å². The average molecular weight is 448 g/mol. The second-order valence-electron chi connectivity index (χ2n) is 7.28. The number of halogens is 1. The van der Waals surface area contributed by atoms with E-state index in [0.717, 1.165) is 39.0 Å². The number of benzene rings is 2. The quantitative estimate of drug-likeness (QED) is 0.715. The van der Waals surface area contributed by atoms with Gasteiger partial charge in [0.2, 0.25) is 0 Å². The number of aliphatic hydroxyl groups excluding tert-OH is 1. The van der Waals surface area contributed by atoms with Crippen LogP contribution in [0.15, 0.2) is 42.5 Å².